The van der Waals surface area contributed by atoms with Crippen LogP contribution in [0, 0.1) is 5.82 Å². The number of ether oxygens (including phenoxy) is 2. The number of hydrogen-bond acceptors (Lipinski definition) is 4. The summed E-state index contributed by atoms with van der Waals surface area (Å²) >= 11 is 0. The third-order valence-electron chi connectivity index (χ3n) is 1.73. The van der Waals surface area contributed by atoms with Gasteiger partial charge in [0.05, 0.1) is 7.11 Å². The van der Waals surface area contributed by atoms with Crippen molar-refractivity contribution in [2.24, 2.45) is 5.73 Å². The van der Waals surface area contributed by atoms with E-state index >= 15 is 0 Å². The molecule has 0 amide bonds. The van der Waals surface area contributed by atoms with Crippen molar-refractivity contribution in [1.29, 1.82) is 0 Å². The molecule has 15 heavy (non-hydrogen) atoms. The van der Waals surface area contributed by atoms with E-state index in [0.717, 1.165) is 0 Å². The van der Waals surface area contributed by atoms with Crippen molar-refractivity contribution in [2.75, 3.05) is 13.7 Å². The Morgan fingerprint density at radius 2 is 2.33 bits per heavy atom. The highest BCUT2D eigenvalue weighted by atomic mass is 19.1. The average molecular weight is 213 g/mol. The average Bonchev–Trinajstić information content (AvgIpc) is 2.25. The van der Waals surface area contributed by atoms with Crippen molar-refractivity contribution in [3.05, 3.63) is 30.1 Å². The largest absolute Gasteiger partial charge is 0.491 e. The molecule has 0 fully saturated rings. The molecule has 0 aliphatic carbocycles. The van der Waals surface area contributed by atoms with Gasteiger partial charge in [-0.15, -0.1) is 0 Å². The lowest BCUT2D eigenvalue weighted by atomic mass is 10.3. The maximum atomic E-state index is 12.7. The number of nitrogens with two attached hydrogens (primary N) is 1. The Hall–Kier alpha value is -1.62. The van der Waals surface area contributed by atoms with Gasteiger partial charge in [-0.05, 0) is 12.1 Å². The fourth-order valence-electron chi connectivity index (χ4n) is 0.962. The molecular weight excluding hydrogens is 201 g/mol. The highest BCUT2D eigenvalue weighted by Crippen LogP contribution is 2.11. The summed E-state index contributed by atoms with van der Waals surface area (Å²) in [5, 5.41) is 0. The van der Waals surface area contributed by atoms with E-state index in [1.165, 1.54) is 25.3 Å². The molecule has 0 unspecified atom stereocenters. The van der Waals surface area contributed by atoms with Gasteiger partial charge in [-0.1, -0.05) is 6.07 Å². The van der Waals surface area contributed by atoms with Gasteiger partial charge in [0.1, 0.15) is 24.2 Å². The van der Waals surface area contributed by atoms with Crippen LogP contribution in [-0.4, -0.2) is 25.7 Å². The van der Waals surface area contributed by atoms with Gasteiger partial charge in [-0.2, -0.15) is 0 Å². The molecule has 0 saturated heterocycles. The van der Waals surface area contributed by atoms with Gasteiger partial charge >= 0.3 is 5.97 Å². The number of carbonyl (C=O) groups excluding carboxylic acids is 1. The standard InChI is InChI=1S/C10H12FNO3/c1-14-10(13)9(12)6-15-8-4-2-3-7(11)5-8/h2-5,9H,6,12H2,1H3/t9-/m1/s1. The number of carbonyl (C=O) groups is 1. The zero-order valence-corrected chi connectivity index (χ0v) is 8.27. The monoisotopic (exact) mass is 213 g/mol. The van der Waals surface area contributed by atoms with E-state index in [4.69, 9.17) is 10.5 Å². The van der Waals surface area contributed by atoms with Crippen LogP contribution in [0.3, 0.4) is 0 Å². The second-order valence-electron chi connectivity index (χ2n) is 2.90. The first-order valence-corrected chi connectivity index (χ1v) is 4.35. The van der Waals surface area contributed by atoms with E-state index in [-0.39, 0.29) is 6.61 Å². The maximum Gasteiger partial charge on any atom is 0.326 e. The molecule has 0 aromatic heterocycles. The summed E-state index contributed by atoms with van der Waals surface area (Å²) in [6, 6.07) is 4.73. The Balaban J connectivity index is 2.47. The first kappa shape index (κ1) is 11.5. The van der Waals surface area contributed by atoms with Crippen LogP contribution >= 0.6 is 0 Å². The summed E-state index contributed by atoms with van der Waals surface area (Å²) in [7, 11) is 1.24. The van der Waals surface area contributed by atoms with Crippen molar-refractivity contribution in [3.63, 3.8) is 0 Å². The van der Waals surface area contributed by atoms with Crippen LogP contribution in [0.15, 0.2) is 24.3 Å². The highest BCUT2D eigenvalue weighted by Gasteiger charge is 2.14. The summed E-state index contributed by atoms with van der Waals surface area (Å²) in [5.41, 5.74) is 5.42. The number of rotatable bonds is 4. The molecule has 1 aromatic rings. The number of benzene rings is 1. The Bertz CT molecular complexity index is 343. The Labute approximate surface area is 86.8 Å². The molecule has 4 nitrogen and oxygen atoms in total. The highest BCUT2D eigenvalue weighted by molar-refractivity contribution is 5.75. The van der Waals surface area contributed by atoms with Gasteiger partial charge in [0.25, 0.3) is 0 Å². The fourth-order valence-corrected chi connectivity index (χ4v) is 0.962. The lowest BCUT2D eigenvalue weighted by molar-refractivity contribution is -0.142. The maximum absolute atomic E-state index is 12.7. The molecule has 0 saturated carbocycles. The molecule has 0 aliphatic rings. The van der Waals surface area contributed by atoms with Crippen LogP contribution in [0.4, 0.5) is 4.39 Å². The van der Waals surface area contributed by atoms with Crippen molar-refractivity contribution < 1.29 is 18.7 Å². The minimum absolute atomic E-state index is 0.0455. The summed E-state index contributed by atoms with van der Waals surface area (Å²) in [4.78, 5) is 10.9. The van der Waals surface area contributed by atoms with Crippen LogP contribution in [-0.2, 0) is 9.53 Å². The van der Waals surface area contributed by atoms with Gasteiger partial charge < -0.3 is 15.2 Å². The van der Waals surface area contributed by atoms with Crippen LogP contribution in [0.1, 0.15) is 0 Å². The fraction of sp³-hybridized carbons (Fsp3) is 0.300. The lowest BCUT2D eigenvalue weighted by Gasteiger charge is -2.10. The van der Waals surface area contributed by atoms with Gasteiger partial charge in [0, 0.05) is 6.07 Å². The molecule has 82 valence electrons. The van der Waals surface area contributed by atoms with E-state index in [9.17, 15) is 9.18 Å². The normalized spacial score (nSPS) is 11.9. The van der Waals surface area contributed by atoms with Crippen molar-refractivity contribution in [1.82, 2.24) is 0 Å². The first-order chi connectivity index (χ1) is 7.13. The SMILES string of the molecule is COC(=O)[C@H](N)COc1cccc(F)c1. The lowest BCUT2D eigenvalue weighted by Crippen LogP contribution is -2.37. The molecule has 2 N–H and O–H groups in total. The third-order valence-corrected chi connectivity index (χ3v) is 1.73. The molecule has 5 heteroatoms. The van der Waals surface area contributed by atoms with Gasteiger partial charge in [-0.3, -0.25) is 4.79 Å². The van der Waals surface area contributed by atoms with Gasteiger partial charge in [0.15, 0.2) is 0 Å². The van der Waals surface area contributed by atoms with Gasteiger partial charge in [0.2, 0.25) is 0 Å². The smallest absolute Gasteiger partial charge is 0.326 e. The second kappa shape index (κ2) is 5.31. The predicted molar refractivity (Wildman–Crippen MR) is 51.9 cm³/mol. The minimum Gasteiger partial charge on any atom is -0.491 e. The minimum atomic E-state index is -0.863. The number of methoxy groups -OCH3 is 1. The number of hydrogen-bond donors (Lipinski definition) is 1. The molecule has 1 atom stereocenters. The second-order valence-corrected chi connectivity index (χ2v) is 2.90. The number of esters is 1. The number of halogens is 1. The Morgan fingerprint density at radius 3 is 2.93 bits per heavy atom. The summed E-state index contributed by atoms with van der Waals surface area (Å²) < 4.78 is 22.2. The molecular formula is C10H12FNO3. The van der Waals surface area contributed by atoms with E-state index < -0.39 is 17.8 Å². The van der Waals surface area contributed by atoms with E-state index in [1.54, 1.807) is 6.07 Å². The van der Waals surface area contributed by atoms with Crippen LogP contribution < -0.4 is 10.5 Å². The Morgan fingerprint density at radius 1 is 1.60 bits per heavy atom. The molecule has 0 heterocycles. The third kappa shape index (κ3) is 3.55. The topological polar surface area (TPSA) is 61.5 Å². The molecule has 1 aromatic carbocycles. The van der Waals surface area contributed by atoms with E-state index in [1.807, 2.05) is 0 Å². The summed E-state index contributed by atoms with van der Waals surface area (Å²) in [6.45, 7) is -0.0455. The molecule has 0 spiro atoms. The first-order valence-electron chi connectivity index (χ1n) is 4.35. The summed E-state index contributed by atoms with van der Waals surface area (Å²) in [6.07, 6.45) is 0. The van der Waals surface area contributed by atoms with Crippen molar-refractivity contribution >= 4 is 5.97 Å². The van der Waals surface area contributed by atoms with Crippen molar-refractivity contribution in [3.8, 4) is 5.75 Å². The van der Waals surface area contributed by atoms with E-state index in [2.05, 4.69) is 4.74 Å². The van der Waals surface area contributed by atoms with Gasteiger partial charge in [-0.25, -0.2) is 4.39 Å². The molecule has 0 radical (unpaired) electrons. The van der Waals surface area contributed by atoms with Crippen LogP contribution in [0.5, 0.6) is 5.75 Å². The van der Waals surface area contributed by atoms with Crippen molar-refractivity contribution in [2.45, 2.75) is 6.04 Å². The summed E-state index contributed by atoms with van der Waals surface area (Å²) in [5.74, 6) is -0.639. The zero-order valence-electron chi connectivity index (χ0n) is 8.27. The van der Waals surface area contributed by atoms with Crippen LogP contribution in [0.25, 0.3) is 0 Å². The predicted octanol–water partition coefficient (Wildman–Crippen LogP) is 0.705. The molecule has 1 rings (SSSR count). The van der Waals surface area contributed by atoms with Crippen LogP contribution in [0.2, 0.25) is 0 Å². The van der Waals surface area contributed by atoms with E-state index in [0.29, 0.717) is 5.75 Å². The molecule has 0 aliphatic heterocycles. The Kier molecular flexibility index (Phi) is 4.05. The zero-order chi connectivity index (χ0) is 11.3. The quantitative estimate of drug-likeness (QED) is 0.748. The molecule has 0 bridgehead atoms.